The van der Waals surface area contributed by atoms with Crippen molar-refractivity contribution < 1.29 is 9.26 Å². The highest BCUT2D eigenvalue weighted by atomic mass is 35.5. The molecule has 5 heteroatoms. The van der Waals surface area contributed by atoms with Crippen molar-refractivity contribution >= 4 is 22.6 Å². The Labute approximate surface area is 91.9 Å². The van der Waals surface area contributed by atoms with E-state index in [0.717, 1.165) is 5.39 Å². The van der Waals surface area contributed by atoms with E-state index in [1.54, 1.807) is 18.2 Å². The van der Waals surface area contributed by atoms with Crippen LogP contribution in [0.1, 0.15) is 6.92 Å². The standard InChI is InChI=1S/C10H11ClN2O2/c1-6(12)5-14-10-8-4-7(11)2-3-9(8)15-13-10/h2-4,6H,5,12H2,1H3. The van der Waals surface area contributed by atoms with Crippen LogP contribution in [0.15, 0.2) is 22.7 Å². The highest BCUT2D eigenvalue weighted by Crippen LogP contribution is 2.27. The van der Waals surface area contributed by atoms with Crippen LogP contribution in [-0.2, 0) is 0 Å². The van der Waals surface area contributed by atoms with Crippen molar-refractivity contribution in [1.29, 1.82) is 0 Å². The average Bonchev–Trinajstić information content (AvgIpc) is 2.57. The number of nitrogens with zero attached hydrogens (tertiary/aromatic N) is 1. The maximum absolute atomic E-state index is 5.86. The van der Waals surface area contributed by atoms with E-state index < -0.39 is 0 Å². The summed E-state index contributed by atoms with van der Waals surface area (Å²) in [7, 11) is 0. The summed E-state index contributed by atoms with van der Waals surface area (Å²) in [6.45, 7) is 2.25. The van der Waals surface area contributed by atoms with E-state index >= 15 is 0 Å². The summed E-state index contributed by atoms with van der Waals surface area (Å²) in [5, 5.41) is 5.19. The third-order valence-corrected chi connectivity index (χ3v) is 2.12. The van der Waals surface area contributed by atoms with Crippen molar-refractivity contribution in [2.75, 3.05) is 6.61 Å². The van der Waals surface area contributed by atoms with Gasteiger partial charge in [0.1, 0.15) is 6.61 Å². The molecule has 0 amide bonds. The van der Waals surface area contributed by atoms with Gasteiger partial charge in [-0.05, 0) is 30.3 Å². The molecule has 0 radical (unpaired) electrons. The fourth-order valence-corrected chi connectivity index (χ4v) is 1.38. The third kappa shape index (κ3) is 2.22. The predicted molar refractivity (Wildman–Crippen MR) is 58.2 cm³/mol. The van der Waals surface area contributed by atoms with Crippen molar-refractivity contribution in [2.45, 2.75) is 13.0 Å². The first-order valence-corrected chi connectivity index (χ1v) is 4.98. The van der Waals surface area contributed by atoms with Gasteiger partial charge in [0.25, 0.3) is 5.88 Å². The zero-order valence-corrected chi connectivity index (χ0v) is 8.99. The molecule has 15 heavy (non-hydrogen) atoms. The Morgan fingerprint density at radius 3 is 3.13 bits per heavy atom. The van der Waals surface area contributed by atoms with Gasteiger partial charge in [-0.15, -0.1) is 0 Å². The SMILES string of the molecule is CC(N)COc1noc2ccc(Cl)cc12. The molecule has 2 aromatic rings. The minimum Gasteiger partial charge on any atom is -0.473 e. The number of hydrogen-bond acceptors (Lipinski definition) is 4. The highest BCUT2D eigenvalue weighted by molar-refractivity contribution is 6.31. The van der Waals surface area contributed by atoms with Gasteiger partial charge in [0, 0.05) is 11.1 Å². The van der Waals surface area contributed by atoms with Crippen molar-refractivity contribution in [1.82, 2.24) is 5.16 Å². The lowest BCUT2D eigenvalue weighted by atomic mass is 10.2. The zero-order valence-electron chi connectivity index (χ0n) is 8.24. The average molecular weight is 227 g/mol. The van der Waals surface area contributed by atoms with E-state index in [1.165, 1.54) is 0 Å². The molecular weight excluding hydrogens is 216 g/mol. The maximum Gasteiger partial charge on any atom is 0.262 e. The van der Waals surface area contributed by atoms with Gasteiger partial charge in [0.2, 0.25) is 0 Å². The van der Waals surface area contributed by atoms with E-state index in [9.17, 15) is 0 Å². The largest absolute Gasteiger partial charge is 0.473 e. The molecule has 0 spiro atoms. The topological polar surface area (TPSA) is 61.3 Å². The summed E-state index contributed by atoms with van der Waals surface area (Å²) in [6.07, 6.45) is 0. The molecule has 0 aliphatic carbocycles. The number of aromatic nitrogens is 1. The number of fused-ring (bicyclic) bond motifs is 1. The van der Waals surface area contributed by atoms with Crippen LogP contribution in [-0.4, -0.2) is 17.8 Å². The zero-order chi connectivity index (χ0) is 10.8. The predicted octanol–water partition coefficient (Wildman–Crippen LogP) is 2.21. The first kappa shape index (κ1) is 10.3. The van der Waals surface area contributed by atoms with Crippen LogP contribution in [0.25, 0.3) is 11.0 Å². The van der Waals surface area contributed by atoms with Crippen LogP contribution < -0.4 is 10.5 Å². The minimum atomic E-state index is -0.0454. The lowest BCUT2D eigenvalue weighted by molar-refractivity contribution is 0.268. The molecule has 0 aliphatic heterocycles. The Morgan fingerprint density at radius 2 is 2.40 bits per heavy atom. The van der Waals surface area contributed by atoms with E-state index in [4.69, 9.17) is 26.6 Å². The molecule has 0 saturated carbocycles. The van der Waals surface area contributed by atoms with Crippen LogP contribution in [0.5, 0.6) is 5.88 Å². The summed E-state index contributed by atoms with van der Waals surface area (Å²) in [5.41, 5.74) is 6.23. The second-order valence-corrected chi connectivity index (χ2v) is 3.85. The van der Waals surface area contributed by atoms with Crippen LogP contribution >= 0.6 is 11.6 Å². The van der Waals surface area contributed by atoms with Gasteiger partial charge < -0.3 is 15.0 Å². The smallest absolute Gasteiger partial charge is 0.262 e. The Bertz CT molecular complexity index is 467. The molecule has 1 atom stereocenters. The molecule has 0 saturated heterocycles. The Kier molecular flexibility index (Phi) is 2.79. The van der Waals surface area contributed by atoms with Gasteiger partial charge in [0.15, 0.2) is 5.58 Å². The molecule has 2 N–H and O–H groups in total. The van der Waals surface area contributed by atoms with Crippen molar-refractivity contribution in [3.8, 4) is 5.88 Å². The lowest BCUT2D eigenvalue weighted by Gasteiger charge is -2.04. The molecule has 4 nitrogen and oxygen atoms in total. The number of halogens is 1. The molecule has 1 heterocycles. The Hall–Kier alpha value is -1.26. The lowest BCUT2D eigenvalue weighted by Crippen LogP contribution is -2.23. The molecule has 0 bridgehead atoms. The Balaban J connectivity index is 2.31. The van der Waals surface area contributed by atoms with Crippen molar-refractivity contribution in [3.05, 3.63) is 23.2 Å². The minimum absolute atomic E-state index is 0.0454. The normalized spacial score (nSPS) is 13.0. The van der Waals surface area contributed by atoms with E-state index in [-0.39, 0.29) is 6.04 Å². The second kappa shape index (κ2) is 4.08. The van der Waals surface area contributed by atoms with Gasteiger partial charge >= 0.3 is 0 Å². The fourth-order valence-electron chi connectivity index (χ4n) is 1.20. The molecule has 2 rings (SSSR count). The second-order valence-electron chi connectivity index (χ2n) is 3.42. The van der Waals surface area contributed by atoms with Crippen LogP contribution in [0.4, 0.5) is 0 Å². The summed E-state index contributed by atoms with van der Waals surface area (Å²) < 4.78 is 10.4. The number of nitrogens with two attached hydrogens (primary N) is 1. The van der Waals surface area contributed by atoms with Crippen LogP contribution in [0.2, 0.25) is 5.02 Å². The van der Waals surface area contributed by atoms with Gasteiger partial charge in [-0.3, -0.25) is 0 Å². The number of benzene rings is 1. The molecule has 1 aromatic heterocycles. The van der Waals surface area contributed by atoms with Crippen LogP contribution in [0.3, 0.4) is 0 Å². The summed E-state index contributed by atoms with van der Waals surface area (Å²) in [5.74, 6) is 0.435. The fraction of sp³-hybridized carbons (Fsp3) is 0.300. The van der Waals surface area contributed by atoms with Gasteiger partial charge in [0.05, 0.1) is 5.39 Å². The van der Waals surface area contributed by atoms with Crippen molar-refractivity contribution in [3.63, 3.8) is 0 Å². The third-order valence-electron chi connectivity index (χ3n) is 1.88. The number of hydrogen-bond donors (Lipinski definition) is 1. The van der Waals surface area contributed by atoms with Gasteiger partial charge in [-0.25, -0.2) is 0 Å². The summed E-state index contributed by atoms with van der Waals surface area (Å²) in [4.78, 5) is 0. The molecule has 80 valence electrons. The molecule has 1 unspecified atom stereocenters. The van der Waals surface area contributed by atoms with Crippen molar-refractivity contribution in [2.24, 2.45) is 5.73 Å². The van der Waals surface area contributed by atoms with Gasteiger partial charge in [-0.1, -0.05) is 11.6 Å². The monoisotopic (exact) mass is 226 g/mol. The number of rotatable bonds is 3. The number of ether oxygens (including phenoxy) is 1. The molecule has 0 fully saturated rings. The van der Waals surface area contributed by atoms with E-state index in [1.807, 2.05) is 6.92 Å². The Morgan fingerprint density at radius 1 is 1.60 bits per heavy atom. The highest BCUT2D eigenvalue weighted by Gasteiger charge is 2.10. The van der Waals surface area contributed by atoms with E-state index in [2.05, 4.69) is 5.16 Å². The molecular formula is C10H11ClN2O2. The van der Waals surface area contributed by atoms with E-state index in [0.29, 0.717) is 23.1 Å². The molecule has 0 aliphatic rings. The summed E-state index contributed by atoms with van der Waals surface area (Å²) >= 11 is 5.86. The quantitative estimate of drug-likeness (QED) is 0.872. The maximum atomic E-state index is 5.86. The first-order chi connectivity index (χ1) is 7.16. The van der Waals surface area contributed by atoms with Gasteiger partial charge in [-0.2, -0.15) is 0 Å². The van der Waals surface area contributed by atoms with Crippen LogP contribution in [0, 0.1) is 0 Å². The molecule has 1 aromatic carbocycles. The summed E-state index contributed by atoms with van der Waals surface area (Å²) in [6, 6.07) is 5.20. The first-order valence-electron chi connectivity index (χ1n) is 4.60.